The van der Waals surface area contributed by atoms with Gasteiger partial charge in [-0.25, -0.2) is 0 Å². The SMILES string of the molecule is CC(C)N1CCC(N(C)C(=O)C2CCNCC2)CC1. The average molecular weight is 267 g/mol. The van der Waals surface area contributed by atoms with Gasteiger partial charge in [-0.3, -0.25) is 4.79 Å². The summed E-state index contributed by atoms with van der Waals surface area (Å²) in [7, 11) is 2.01. The highest BCUT2D eigenvalue weighted by Crippen LogP contribution is 2.21. The van der Waals surface area contributed by atoms with Crippen molar-refractivity contribution in [2.24, 2.45) is 5.92 Å². The van der Waals surface area contributed by atoms with Gasteiger partial charge >= 0.3 is 0 Å². The molecule has 110 valence electrons. The van der Waals surface area contributed by atoms with Crippen LogP contribution >= 0.6 is 0 Å². The third kappa shape index (κ3) is 3.69. The molecule has 0 atom stereocenters. The maximum Gasteiger partial charge on any atom is 0.225 e. The van der Waals surface area contributed by atoms with Gasteiger partial charge in [0.1, 0.15) is 0 Å². The van der Waals surface area contributed by atoms with Crippen LogP contribution in [0.5, 0.6) is 0 Å². The number of likely N-dealkylation sites (tertiary alicyclic amines) is 1. The molecule has 0 saturated carbocycles. The van der Waals surface area contributed by atoms with Gasteiger partial charge < -0.3 is 15.1 Å². The molecule has 0 aliphatic carbocycles. The van der Waals surface area contributed by atoms with Crippen LogP contribution < -0.4 is 5.32 Å². The summed E-state index contributed by atoms with van der Waals surface area (Å²) in [6.45, 7) is 8.76. The Hall–Kier alpha value is -0.610. The molecule has 2 rings (SSSR count). The van der Waals surface area contributed by atoms with E-state index in [0.29, 0.717) is 18.0 Å². The minimum Gasteiger partial charge on any atom is -0.342 e. The van der Waals surface area contributed by atoms with Gasteiger partial charge in [-0.15, -0.1) is 0 Å². The van der Waals surface area contributed by atoms with Crippen LogP contribution in [0, 0.1) is 5.92 Å². The standard InChI is InChI=1S/C15H29N3O/c1-12(2)18-10-6-14(7-11-18)17(3)15(19)13-4-8-16-9-5-13/h12-14,16H,4-11H2,1-3H3. The maximum atomic E-state index is 12.5. The van der Waals surface area contributed by atoms with E-state index in [1.165, 1.54) is 0 Å². The van der Waals surface area contributed by atoms with E-state index in [0.717, 1.165) is 51.9 Å². The first kappa shape index (κ1) is 14.8. The number of carbonyl (C=O) groups is 1. The predicted octanol–water partition coefficient (Wildman–Crippen LogP) is 1.32. The van der Waals surface area contributed by atoms with E-state index in [1.54, 1.807) is 0 Å². The van der Waals surface area contributed by atoms with Gasteiger partial charge in [-0.2, -0.15) is 0 Å². The number of piperidine rings is 2. The number of amides is 1. The fraction of sp³-hybridized carbons (Fsp3) is 0.933. The van der Waals surface area contributed by atoms with Gasteiger partial charge in [0.15, 0.2) is 0 Å². The summed E-state index contributed by atoms with van der Waals surface area (Å²) in [4.78, 5) is 17.1. The van der Waals surface area contributed by atoms with Crippen LogP contribution in [0.25, 0.3) is 0 Å². The highest BCUT2D eigenvalue weighted by Gasteiger charge is 2.30. The molecule has 0 radical (unpaired) electrons. The van der Waals surface area contributed by atoms with E-state index in [-0.39, 0.29) is 5.92 Å². The Morgan fingerprint density at radius 3 is 2.26 bits per heavy atom. The summed E-state index contributed by atoms with van der Waals surface area (Å²) >= 11 is 0. The average Bonchev–Trinajstić information content (AvgIpc) is 2.46. The lowest BCUT2D eigenvalue weighted by Gasteiger charge is -2.40. The fourth-order valence-electron chi connectivity index (χ4n) is 3.33. The molecule has 0 aromatic carbocycles. The van der Waals surface area contributed by atoms with Gasteiger partial charge in [-0.1, -0.05) is 0 Å². The second-order valence-corrected chi connectivity index (χ2v) is 6.33. The summed E-state index contributed by atoms with van der Waals surface area (Å²) in [6.07, 6.45) is 4.28. The molecule has 2 heterocycles. The number of carbonyl (C=O) groups excluding carboxylic acids is 1. The first-order valence-corrected chi connectivity index (χ1v) is 7.81. The number of nitrogens with zero attached hydrogens (tertiary/aromatic N) is 2. The Morgan fingerprint density at radius 1 is 1.16 bits per heavy atom. The molecule has 0 unspecified atom stereocenters. The zero-order chi connectivity index (χ0) is 13.8. The van der Waals surface area contributed by atoms with Crippen molar-refractivity contribution in [1.82, 2.24) is 15.1 Å². The Kier molecular flexibility index (Phi) is 5.22. The Morgan fingerprint density at radius 2 is 1.74 bits per heavy atom. The van der Waals surface area contributed by atoms with Crippen LogP contribution in [-0.2, 0) is 4.79 Å². The van der Waals surface area contributed by atoms with E-state index < -0.39 is 0 Å². The third-order valence-corrected chi connectivity index (χ3v) is 4.81. The number of hydrogen-bond donors (Lipinski definition) is 1. The van der Waals surface area contributed by atoms with Crippen LogP contribution in [0.1, 0.15) is 39.5 Å². The van der Waals surface area contributed by atoms with Crippen molar-refractivity contribution in [2.75, 3.05) is 33.2 Å². The second kappa shape index (κ2) is 6.71. The maximum absolute atomic E-state index is 12.5. The fourth-order valence-corrected chi connectivity index (χ4v) is 3.33. The molecule has 4 nitrogen and oxygen atoms in total. The molecule has 0 bridgehead atoms. The molecule has 2 aliphatic rings. The monoisotopic (exact) mass is 267 g/mol. The normalized spacial score (nSPS) is 23.8. The highest BCUT2D eigenvalue weighted by atomic mass is 16.2. The molecule has 0 aromatic rings. The number of hydrogen-bond acceptors (Lipinski definition) is 3. The van der Waals surface area contributed by atoms with Gasteiger partial charge in [0.25, 0.3) is 0 Å². The molecule has 4 heteroatoms. The molecule has 1 amide bonds. The quantitative estimate of drug-likeness (QED) is 0.837. The van der Waals surface area contributed by atoms with Crippen molar-refractivity contribution in [3.05, 3.63) is 0 Å². The van der Waals surface area contributed by atoms with Gasteiger partial charge in [-0.05, 0) is 52.6 Å². The molecule has 1 N–H and O–H groups in total. The summed E-state index contributed by atoms with van der Waals surface area (Å²) in [5.74, 6) is 0.638. The summed E-state index contributed by atoms with van der Waals surface area (Å²) in [5, 5.41) is 3.33. The van der Waals surface area contributed by atoms with Crippen LogP contribution in [0.15, 0.2) is 0 Å². The van der Waals surface area contributed by atoms with Gasteiger partial charge in [0, 0.05) is 38.1 Å². The Labute approximate surface area is 117 Å². The van der Waals surface area contributed by atoms with E-state index >= 15 is 0 Å². The van der Waals surface area contributed by atoms with Crippen LogP contribution in [0.2, 0.25) is 0 Å². The van der Waals surface area contributed by atoms with E-state index in [9.17, 15) is 4.79 Å². The predicted molar refractivity (Wildman–Crippen MR) is 78.1 cm³/mol. The molecule has 0 aromatic heterocycles. The van der Waals surface area contributed by atoms with Crippen molar-refractivity contribution in [3.8, 4) is 0 Å². The summed E-state index contributed by atoms with van der Waals surface area (Å²) in [6, 6.07) is 1.09. The molecule has 2 saturated heterocycles. The minimum absolute atomic E-state index is 0.259. The lowest BCUT2D eigenvalue weighted by atomic mass is 9.94. The number of rotatable bonds is 3. The lowest BCUT2D eigenvalue weighted by Crippen LogP contribution is -2.49. The summed E-state index contributed by atoms with van der Waals surface area (Å²) < 4.78 is 0. The number of nitrogens with one attached hydrogen (secondary N) is 1. The van der Waals surface area contributed by atoms with Crippen molar-refractivity contribution in [2.45, 2.75) is 51.6 Å². The largest absolute Gasteiger partial charge is 0.342 e. The molecule has 2 fully saturated rings. The zero-order valence-electron chi connectivity index (χ0n) is 12.7. The molecule has 0 spiro atoms. The highest BCUT2D eigenvalue weighted by molar-refractivity contribution is 5.79. The minimum atomic E-state index is 0.259. The molecular formula is C15H29N3O. The van der Waals surface area contributed by atoms with Gasteiger partial charge in [0.05, 0.1) is 0 Å². The van der Waals surface area contributed by atoms with Crippen molar-refractivity contribution in [1.29, 1.82) is 0 Å². The lowest BCUT2D eigenvalue weighted by molar-refractivity contribution is -0.138. The van der Waals surface area contributed by atoms with E-state index in [2.05, 4.69) is 24.1 Å². The van der Waals surface area contributed by atoms with E-state index in [1.807, 2.05) is 11.9 Å². The van der Waals surface area contributed by atoms with E-state index in [4.69, 9.17) is 0 Å². The molecule has 19 heavy (non-hydrogen) atoms. The zero-order valence-corrected chi connectivity index (χ0v) is 12.7. The van der Waals surface area contributed by atoms with Crippen LogP contribution in [0.4, 0.5) is 0 Å². The third-order valence-electron chi connectivity index (χ3n) is 4.81. The summed E-state index contributed by atoms with van der Waals surface area (Å²) in [5.41, 5.74) is 0. The van der Waals surface area contributed by atoms with Crippen molar-refractivity contribution < 1.29 is 4.79 Å². The Balaban J connectivity index is 1.83. The molecular weight excluding hydrogens is 238 g/mol. The first-order chi connectivity index (χ1) is 9.09. The van der Waals surface area contributed by atoms with Crippen LogP contribution in [-0.4, -0.2) is 61.0 Å². The van der Waals surface area contributed by atoms with Crippen LogP contribution in [0.3, 0.4) is 0 Å². The second-order valence-electron chi connectivity index (χ2n) is 6.33. The Bertz CT molecular complexity index is 292. The van der Waals surface area contributed by atoms with Crippen molar-refractivity contribution in [3.63, 3.8) is 0 Å². The smallest absolute Gasteiger partial charge is 0.225 e. The topological polar surface area (TPSA) is 35.6 Å². The molecule has 2 aliphatic heterocycles. The van der Waals surface area contributed by atoms with Gasteiger partial charge in [0.2, 0.25) is 5.91 Å². The van der Waals surface area contributed by atoms with Crippen molar-refractivity contribution >= 4 is 5.91 Å². The first-order valence-electron chi connectivity index (χ1n) is 7.81.